The average Bonchev–Trinajstić information content (AvgIpc) is 3.27. The van der Waals surface area contributed by atoms with E-state index in [2.05, 4.69) is 50.6 Å². The van der Waals surface area contributed by atoms with Crippen molar-refractivity contribution in [3.8, 4) is 17.3 Å². The zero-order valence-electron chi connectivity index (χ0n) is 21.7. The first kappa shape index (κ1) is 26.0. The van der Waals surface area contributed by atoms with Crippen LogP contribution in [-0.4, -0.2) is 66.3 Å². The standard InChI is InChI=1S/C24H35N9O2/c1-8-10-18-12-19(23-29-31-32(6)30-23)16(4)26-22(18)25-14-33(11-9-2)24(34)15(3)20-13-21(35-7)28-17(5)27-20/h12-13,15H,8-11,14H2,1-7H3,(H,25,26)/t15-/m0/s1. The van der Waals surface area contributed by atoms with Gasteiger partial charge in [-0.25, -0.2) is 9.97 Å². The summed E-state index contributed by atoms with van der Waals surface area (Å²) in [7, 11) is 3.29. The molecule has 0 fully saturated rings. The molecule has 35 heavy (non-hydrogen) atoms. The van der Waals surface area contributed by atoms with Gasteiger partial charge in [0.2, 0.25) is 17.6 Å². The van der Waals surface area contributed by atoms with Gasteiger partial charge in [0.1, 0.15) is 11.6 Å². The normalized spacial score (nSPS) is 11.9. The highest BCUT2D eigenvalue weighted by Crippen LogP contribution is 2.26. The molecule has 11 nitrogen and oxygen atoms in total. The van der Waals surface area contributed by atoms with Crippen LogP contribution < -0.4 is 10.1 Å². The van der Waals surface area contributed by atoms with Gasteiger partial charge in [0.25, 0.3) is 0 Å². The number of aryl methyl sites for hydroxylation is 4. The first-order valence-corrected chi connectivity index (χ1v) is 11.9. The maximum Gasteiger partial charge on any atom is 0.232 e. The van der Waals surface area contributed by atoms with Crippen LogP contribution in [0.2, 0.25) is 0 Å². The number of carbonyl (C=O) groups is 1. The summed E-state index contributed by atoms with van der Waals surface area (Å²) >= 11 is 0. The second-order valence-corrected chi connectivity index (χ2v) is 8.52. The van der Waals surface area contributed by atoms with Crippen LogP contribution in [0.5, 0.6) is 5.88 Å². The van der Waals surface area contributed by atoms with Gasteiger partial charge in [-0.1, -0.05) is 20.3 Å². The monoisotopic (exact) mass is 481 g/mol. The van der Waals surface area contributed by atoms with E-state index >= 15 is 0 Å². The van der Waals surface area contributed by atoms with Crippen molar-refractivity contribution in [1.82, 2.24) is 40.1 Å². The Labute approximate surface area is 206 Å². The Balaban J connectivity index is 1.82. The molecule has 0 radical (unpaired) electrons. The molecule has 3 rings (SSSR count). The minimum absolute atomic E-state index is 0.0198. The summed E-state index contributed by atoms with van der Waals surface area (Å²) in [5, 5.41) is 15.8. The zero-order chi connectivity index (χ0) is 25.5. The first-order valence-electron chi connectivity index (χ1n) is 11.9. The van der Waals surface area contributed by atoms with Gasteiger partial charge in [-0.05, 0) is 50.5 Å². The van der Waals surface area contributed by atoms with E-state index in [1.165, 1.54) is 4.80 Å². The van der Waals surface area contributed by atoms with Crippen LogP contribution in [-0.2, 0) is 18.3 Å². The highest BCUT2D eigenvalue weighted by atomic mass is 16.5. The number of hydrogen-bond donors (Lipinski definition) is 1. The summed E-state index contributed by atoms with van der Waals surface area (Å²) < 4.78 is 5.26. The quantitative estimate of drug-likeness (QED) is 0.411. The van der Waals surface area contributed by atoms with Crippen molar-refractivity contribution in [3.05, 3.63) is 34.9 Å². The minimum Gasteiger partial charge on any atom is -0.481 e. The third-order valence-electron chi connectivity index (χ3n) is 5.66. The van der Waals surface area contributed by atoms with E-state index in [9.17, 15) is 4.79 Å². The van der Waals surface area contributed by atoms with Crippen molar-refractivity contribution in [2.24, 2.45) is 7.05 Å². The van der Waals surface area contributed by atoms with Crippen LogP contribution in [0.4, 0.5) is 5.82 Å². The van der Waals surface area contributed by atoms with Crippen molar-refractivity contribution in [1.29, 1.82) is 0 Å². The lowest BCUT2D eigenvalue weighted by molar-refractivity contribution is -0.132. The van der Waals surface area contributed by atoms with Crippen LogP contribution >= 0.6 is 0 Å². The van der Waals surface area contributed by atoms with Crippen LogP contribution in [0.3, 0.4) is 0 Å². The molecule has 1 atom stereocenters. The third-order valence-corrected chi connectivity index (χ3v) is 5.66. The lowest BCUT2D eigenvalue weighted by atomic mass is 10.1. The van der Waals surface area contributed by atoms with Gasteiger partial charge in [-0.3, -0.25) is 4.79 Å². The summed E-state index contributed by atoms with van der Waals surface area (Å²) in [6.07, 6.45) is 2.62. The summed E-state index contributed by atoms with van der Waals surface area (Å²) in [5.41, 5.74) is 3.34. The maximum absolute atomic E-state index is 13.4. The highest BCUT2D eigenvalue weighted by Gasteiger charge is 2.24. The Hall–Kier alpha value is -3.63. The first-order chi connectivity index (χ1) is 16.8. The van der Waals surface area contributed by atoms with Crippen molar-refractivity contribution in [3.63, 3.8) is 0 Å². The number of aromatic nitrogens is 7. The number of methoxy groups -OCH3 is 1. The largest absolute Gasteiger partial charge is 0.481 e. The number of nitrogens with one attached hydrogen (secondary N) is 1. The van der Waals surface area contributed by atoms with Crippen LogP contribution in [0, 0.1) is 13.8 Å². The minimum atomic E-state index is -0.436. The van der Waals surface area contributed by atoms with Gasteiger partial charge in [-0.15, -0.1) is 10.2 Å². The molecule has 0 saturated heterocycles. The maximum atomic E-state index is 13.4. The molecule has 0 saturated carbocycles. The molecule has 1 amide bonds. The molecular formula is C24H35N9O2. The van der Waals surface area contributed by atoms with Crippen LogP contribution in [0.25, 0.3) is 11.4 Å². The molecule has 0 aromatic carbocycles. The number of hydrogen-bond acceptors (Lipinski definition) is 9. The number of tetrazole rings is 1. The molecule has 3 heterocycles. The van der Waals surface area contributed by atoms with Gasteiger partial charge in [0.15, 0.2) is 0 Å². The predicted octanol–water partition coefficient (Wildman–Crippen LogP) is 3.05. The van der Waals surface area contributed by atoms with E-state index < -0.39 is 5.92 Å². The Morgan fingerprint density at radius 2 is 1.94 bits per heavy atom. The molecule has 188 valence electrons. The van der Waals surface area contributed by atoms with Gasteiger partial charge in [-0.2, -0.15) is 9.78 Å². The summed E-state index contributed by atoms with van der Waals surface area (Å²) in [6.45, 7) is 10.7. The molecule has 0 unspecified atom stereocenters. The topological polar surface area (TPSA) is 124 Å². The van der Waals surface area contributed by atoms with Gasteiger partial charge in [0.05, 0.1) is 38.1 Å². The SMILES string of the molecule is CCCc1cc(-c2nnn(C)n2)c(C)nc1NCN(CCC)C(=O)[C@@H](C)c1cc(OC)nc(C)n1. The van der Waals surface area contributed by atoms with Crippen LogP contribution in [0.1, 0.15) is 62.3 Å². The number of pyridine rings is 1. The molecule has 11 heteroatoms. The summed E-state index contributed by atoms with van der Waals surface area (Å²) in [6, 6.07) is 3.78. The van der Waals surface area contributed by atoms with Gasteiger partial charge < -0.3 is 15.0 Å². The molecule has 0 aliphatic heterocycles. The summed E-state index contributed by atoms with van der Waals surface area (Å²) in [5.74, 6) is 1.88. The second kappa shape index (κ2) is 11.7. The lowest BCUT2D eigenvalue weighted by Crippen LogP contribution is -2.39. The fourth-order valence-corrected chi connectivity index (χ4v) is 3.87. The Morgan fingerprint density at radius 1 is 1.17 bits per heavy atom. The van der Waals surface area contributed by atoms with E-state index in [-0.39, 0.29) is 5.91 Å². The van der Waals surface area contributed by atoms with Gasteiger partial charge >= 0.3 is 0 Å². The number of amides is 1. The third kappa shape index (κ3) is 6.28. The average molecular weight is 482 g/mol. The Bertz CT molecular complexity index is 1160. The zero-order valence-corrected chi connectivity index (χ0v) is 21.7. The Morgan fingerprint density at radius 3 is 2.57 bits per heavy atom. The smallest absolute Gasteiger partial charge is 0.232 e. The molecule has 0 aliphatic carbocycles. The fraction of sp³-hybridized carbons (Fsp3) is 0.542. The number of anilines is 1. The van der Waals surface area contributed by atoms with E-state index in [1.54, 1.807) is 32.0 Å². The molecule has 0 aliphatic rings. The summed E-state index contributed by atoms with van der Waals surface area (Å²) in [4.78, 5) is 30.2. The van der Waals surface area contributed by atoms with E-state index in [4.69, 9.17) is 9.72 Å². The van der Waals surface area contributed by atoms with Crippen LogP contribution in [0.15, 0.2) is 12.1 Å². The Kier molecular flexibility index (Phi) is 8.67. The number of rotatable bonds is 11. The number of nitrogens with zero attached hydrogens (tertiary/aromatic N) is 8. The van der Waals surface area contributed by atoms with E-state index in [0.29, 0.717) is 36.4 Å². The molecular weight excluding hydrogens is 446 g/mol. The van der Waals surface area contributed by atoms with E-state index in [1.807, 2.05) is 13.8 Å². The number of carbonyl (C=O) groups excluding carboxylic acids is 1. The van der Waals surface area contributed by atoms with Crippen molar-refractivity contribution < 1.29 is 9.53 Å². The predicted molar refractivity (Wildman–Crippen MR) is 133 cm³/mol. The molecule has 3 aromatic rings. The van der Waals surface area contributed by atoms with E-state index in [0.717, 1.165) is 41.9 Å². The second-order valence-electron chi connectivity index (χ2n) is 8.52. The molecule has 0 spiro atoms. The number of ether oxygens (including phenoxy) is 1. The molecule has 1 N–H and O–H groups in total. The van der Waals surface area contributed by atoms with Crippen molar-refractivity contribution >= 4 is 11.7 Å². The molecule has 3 aromatic heterocycles. The lowest BCUT2D eigenvalue weighted by Gasteiger charge is -2.26. The highest BCUT2D eigenvalue weighted by molar-refractivity contribution is 5.83. The molecule has 0 bridgehead atoms. The van der Waals surface area contributed by atoms with Crippen molar-refractivity contribution in [2.75, 3.05) is 25.6 Å². The van der Waals surface area contributed by atoms with Gasteiger partial charge in [0, 0.05) is 18.2 Å². The van der Waals surface area contributed by atoms with Crippen molar-refractivity contribution in [2.45, 2.75) is 59.8 Å². The fourth-order valence-electron chi connectivity index (χ4n) is 3.87.